The number of anilines is 3. The number of nitrogens with one attached hydrogen (secondary N) is 2. The topological polar surface area (TPSA) is 82.1 Å². The number of hydrogen-bond donors (Lipinski definition) is 2. The SMILES string of the molecule is Fc1ccccc1Nc1ncc2c(n1)N1CCCN=C1C(c1cccc3cn[nH]c13)=C2. The van der Waals surface area contributed by atoms with Gasteiger partial charge in [-0.1, -0.05) is 30.3 Å². The number of benzene rings is 2. The van der Waals surface area contributed by atoms with Crippen LogP contribution >= 0.6 is 0 Å². The highest BCUT2D eigenvalue weighted by Crippen LogP contribution is 2.37. The summed E-state index contributed by atoms with van der Waals surface area (Å²) in [5.74, 6) is 1.66. The van der Waals surface area contributed by atoms with Gasteiger partial charge in [0, 0.05) is 41.4 Å². The summed E-state index contributed by atoms with van der Waals surface area (Å²) in [6.45, 7) is 1.57. The zero-order valence-electron chi connectivity index (χ0n) is 16.5. The predicted molar refractivity (Wildman–Crippen MR) is 120 cm³/mol. The van der Waals surface area contributed by atoms with Crippen molar-refractivity contribution in [3.05, 3.63) is 71.8 Å². The van der Waals surface area contributed by atoms with Crippen molar-refractivity contribution >= 4 is 45.8 Å². The fraction of sp³-hybridized carbons (Fsp3) is 0.130. The number of rotatable bonds is 3. The first-order chi connectivity index (χ1) is 15.3. The number of aromatic nitrogens is 4. The molecule has 0 aliphatic carbocycles. The van der Waals surface area contributed by atoms with E-state index in [2.05, 4.69) is 37.5 Å². The van der Waals surface area contributed by atoms with Crippen LogP contribution in [0.4, 0.5) is 21.8 Å². The number of hydrogen-bond acceptors (Lipinski definition) is 6. The molecule has 4 heterocycles. The monoisotopic (exact) mass is 411 g/mol. The predicted octanol–water partition coefficient (Wildman–Crippen LogP) is 4.40. The lowest BCUT2D eigenvalue weighted by Gasteiger charge is -2.34. The van der Waals surface area contributed by atoms with Gasteiger partial charge in [0.25, 0.3) is 0 Å². The normalized spacial score (nSPS) is 15.2. The molecule has 0 atom stereocenters. The largest absolute Gasteiger partial charge is 0.322 e. The average molecular weight is 411 g/mol. The Hall–Kier alpha value is -4.07. The van der Waals surface area contributed by atoms with Crippen molar-refractivity contribution in [1.29, 1.82) is 0 Å². The minimum atomic E-state index is -0.348. The third kappa shape index (κ3) is 2.95. The molecule has 4 aromatic rings. The van der Waals surface area contributed by atoms with E-state index in [0.717, 1.165) is 58.8 Å². The summed E-state index contributed by atoms with van der Waals surface area (Å²) in [6, 6.07) is 12.6. The average Bonchev–Trinajstić information content (AvgIpc) is 3.29. The molecule has 0 spiro atoms. The maximum absolute atomic E-state index is 14.1. The first-order valence-electron chi connectivity index (χ1n) is 10.1. The molecule has 6 rings (SSSR count). The van der Waals surface area contributed by atoms with Gasteiger partial charge in [0.15, 0.2) is 0 Å². The molecule has 0 amide bonds. The van der Waals surface area contributed by atoms with Crippen LogP contribution in [0.5, 0.6) is 0 Å². The van der Waals surface area contributed by atoms with Gasteiger partial charge in [-0.15, -0.1) is 0 Å². The second-order valence-electron chi connectivity index (χ2n) is 7.49. The Morgan fingerprint density at radius 3 is 2.94 bits per heavy atom. The maximum atomic E-state index is 14.1. The number of nitrogens with zero attached hydrogens (tertiary/aromatic N) is 5. The molecule has 0 bridgehead atoms. The third-order valence-electron chi connectivity index (χ3n) is 5.54. The standard InChI is InChI=1S/C23H18FN7/c24-18-7-1-2-8-19(18)28-23-26-12-15-11-17(16-6-3-5-14-13-27-30-20(14)16)22-25-9-4-10-31(22)21(15)29-23/h1-3,5-8,11-13H,4,9-10H2,(H,27,30)(H,26,28,29). The van der Waals surface area contributed by atoms with Crippen LogP contribution in [0.25, 0.3) is 22.6 Å². The van der Waals surface area contributed by atoms with Crippen molar-refractivity contribution in [2.75, 3.05) is 23.3 Å². The van der Waals surface area contributed by atoms with Crippen LogP contribution in [0, 0.1) is 5.82 Å². The van der Waals surface area contributed by atoms with Crippen molar-refractivity contribution in [2.24, 2.45) is 4.99 Å². The van der Waals surface area contributed by atoms with Crippen LogP contribution in [-0.4, -0.2) is 39.1 Å². The molecule has 0 saturated carbocycles. The van der Waals surface area contributed by atoms with Crippen molar-refractivity contribution in [3.63, 3.8) is 0 Å². The molecule has 2 aromatic heterocycles. The van der Waals surface area contributed by atoms with Crippen LogP contribution in [0.2, 0.25) is 0 Å². The Balaban J connectivity index is 1.47. The number of para-hydroxylation sites is 2. The van der Waals surface area contributed by atoms with E-state index in [0.29, 0.717) is 11.6 Å². The van der Waals surface area contributed by atoms with Crippen molar-refractivity contribution in [1.82, 2.24) is 20.2 Å². The second-order valence-corrected chi connectivity index (χ2v) is 7.49. The summed E-state index contributed by atoms with van der Waals surface area (Å²) in [6.07, 6.45) is 6.59. The van der Waals surface area contributed by atoms with E-state index in [-0.39, 0.29) is 5.82 Å². The van der Waals surface area contributed by atoms with E-state index in [4.69, 9.17) is 9.98 Å². The summed E-state index contributed by atoms with van der Waals surface area (Å²) >= 11 is 0. The molecular formula is C23H18FN7. The lowest BCUT2D eigenvalue weighted by molar-refractivity contribution is 0.631. The molecular weight excluding hydrogens is 393 g/mol. The molecule has 7 nitrogen and oxygen atoms in total. The van der Waals surface area contributed by atoms with E-state index in [1.807, 2.05) is 18.3 Å². The number of amidine groups is 1. The van der Waals surface area contributed by atoms with E-state index >= 15 is 0 Å². The summed E-state index contributed by atoms with van der Waals surface area (Å²) < 4.78 is 14.1. The molecule has 2 aromatic carbocycles. The quantitative estimate of drug-likeness (QED) is 0.522. The Bertz CT molecular complexity index is 1370. The molecule has 0 saturated heterocycles. The molecule has 2 aliphatic heterocycles. The van der Waals surface area contributed by atoms with Gasteiger partial charge in [-0.3, -0.25) is 10.1 Å². The van der Waals surface area contributed by atoms with Gasteiger partial charge < -0.3 is 10.2 Å². The summed E-state index contributed by atoms with van der Waals surface area (Å²) in [4.78, 5) is 16.1. The molecule has 31 heavy (non-hydrogen) atoms. The lowest BCUT2D eigenvalue weighted by Crippen LogP contribution is -2.39. The zero-order valence-corrected chi connectivity index (χ0v) is 16.5. The number of fused-ring (bicyclic) bond motifs is 4. The molecule has 152 valence electrons. The molecule has 8 heteroatoms. The number of aromatic amines is 1. The molecule has 0 fully saturated rings. The van der Waals surface area contributed by atoms with Gasteiger partial charge in [0.2, 0.25) is 5.95 Å². The van der Waals surface area contributed by atoms with E-state index < -0.39 is 0 Å². The minimum absolute atomic E-state index is 0.341. The van der Waals surface area contributed by atoms with Gasteiger partial charge in [0.1, 0.15) is 17.5 Å². The molecule has 2 N–H and O–H groups in total. The van der Waals surface area contributed by atoms with E-state index in [9.17, 15) is 4.39 Å². The van der Waals surface area contributed by atoms with Crippen LogP contribution in [0.3, 0.4) is 0 Å². The van der Waals surface area contributed by atoms with Crippen molar-refractivity contribution in [3.8, 4) is 0 Å². The highest BCUT2D eigenvalue weighted by Gasteiger charge is 2.30. The minimum Gasteiger partial charge on any atom is -0.322 e. The molecule has 0 unspecified atom stereocenters. The highest BCUT2D eigenvalue weighted by molar-refractivity contribution is 6.36. The van der Waals surface area contributed by atoms with Crippen molar-refractivity contribution in [2.45, 2.75) is 6.42 Å². The Labute approximate surface area is 177 Å². The summed E-state index contributed by atoms with van der Waals surface area (Å²) in [5, 5.41) is 11.3. The molecule has 2 aliphatic rings. The van der Waals surface area contributed by atoms with Gasteiger partial charge in [-0.2, -0.15) is 10.1 Å². The summed E-state index contributed by atoms with van der Waals surface area (Å²) in [7, 11) is 0. The zero-order chi connectivity index (χ0) is 20.8. The first kappa shape index (κ1) is 17.8. The van der Waals surface area contributed by atoms with Gasteiger partial charge >= 0.3 is 0 Å². The smallest absolute Gasteiger partial charge is 0.229 e. The molecule has 0 radical (unpaired) electrons. The van der Waals surface area contributed by atoms with E-state index in [1.54, 1.807) is 24.4 Å². The lowest BCUT2D eigenvalue weighted by atomic mass is 9.95. The maximum Gasteiger partial charge on any atom is 0.229 e. The fourth-order valence-corrected chi connectivity index (χ4v) is 4.10. The number of halogens is 1. The van der Waals surface area contributed by atoms with Crippen LogP contribution < -0.4 is 10.2 Å². The number of H-pyrrole nitrogens is 1. The van der Waals surface area contributed by atoms with Gasteiger partial charge in [0.05, 0.1) is 17.4 Å². The Morgan fingerprint density at radius 2 is 2.00 bits per heavy atom. The first-order valence-corrected chi connectivity index (χ1v) is 10.1. The van der Waals surface area contributed by atoms with Crippen LogP contribution in [0.1, 0.15) is 17.5 Å². The second kappa shape index (κ2) is 7.02. The summed E-state index contributed by atoms with van der Waals surface area (Å²) in [5.41, 5.74) is 4.27. The fourth-order valence-electron chi connectivity index (χ4n) is 4.10. The highest BCUT2D eigenvalue weighted by atomic mass is 19.1. The number of aliphatic imine (C=N–C) groups is 1. The van der Waals surface area contributed by atoms with Gasteiger partial charge in [-0.25, -0.2) is 9.37 Å². The Kier molecular flexibility index (Phi) is 4.02. The van der Waals surface area contributed by atoms with Crippen LogP contribution in [0.15, 0.2) is 59.9 Å². The van der Waals surface area contributed by atoms with Gasteiger partial charge in [-0.05, 0) is 24.6 Å². The Morgan fingerprint density at radius 1 is 1.06 bits per heavy atom. The third-order valence-corrected chi connectivity index (χ3v) is 5.54. The van der Waals surface area contributed by atoms with Crippen LogP contribution in [-0.2, 0) is 0 Å². The van der Waals surface area contributed by atoms with Crippen molar-refractivity contribution < 1.29 is 4.39 Å². The van der Waals surface area contributed by atoms with E-state index in [1.165, 1.54) is 6.07 Å².